The van der Waals surface area contributed by atoms with Crippen molar-refractivity contribution in [1.29, 1.82) is 0 Å². The molecule has 1 aromatic rings. The lowest BCUT2D eigenvalue weighted by Gasteiger charge is -2.23. The van der Waals surface area contributed by atoms with E-state index in [1.54, 1.807) is 32.2 Å². The van der Waals surface area contributed by atoms with E-state index in [2.05, 4.69) is 0 Å². The second-order valence-electron chi connectivity index (χ2n) is 3.91. The van der Waals surface area contributed by atoms with Crippen LogP contribution >= 0.6 is 11.6 Å². The Bertz CT molecular complexity index is 393. The molecule has 0 aromatic heterocycles. The number of aliphatic hydroxyl groups excluding tert-OH is 1. The summed E-state index contributed by atoms with van der Waals surface area (Å²) < 4.78 is 0. The Morgan fingerprint density at radius 2 is 2.19 bits per heavy atom. The number of aryl methyl sites for hydroxylation is 1. The maximum absolute atomic E-state index is 12.0. The van der Waals surface area contributed by atoms with Crippen LogP contribution in [0, 0.1) is 6.92 Å². The lowest BCUT2D eigenvalue weighted by molar-refractivity contribution is 0.0681. The second-order valence-corrected chi connectivity index (χ2v) is 4.34. The first kappa shape index (κ1) is 13.0. The van der Waals surface area contributed by atoms with Gasteiger partial charge in [0.2, 0.25) is 0 Å². The Morgan fingerprint density at radius 3 is 2.69 bits per heavy atom. The molecule has 1 N–H and O–H groups in total. The van der Waals surface area contributed by atoms with Crippen LogP contribution in [0.25, 0.3) is 0 Å². The number of carbonyl (C=O) groups excluding carboxylic acids is 1. The zero-order chi connectivity index (χ0) is 12.3. The van der Waals surface area contributed by atoms with E-state index in [0.29, 0.717) is 10.6 Å². The number of benzene rings is 1. The van der Waals surface area contributed by atoms with Crippen LogP contribution in [-0.2, 0) is 0 Å². The van der Waals surface area contributed by atoms with Gasteiger partial charge in [0.1, 0.15) is 0 Å². The number of rotatable bonds is 3. The van der Waals surface area contributed by atoms with E-state index >= 15 is 0 Å². The number of hydrogen-bond donors (Lipinski definition) is 1. The SMILES string of the molecule is Cc1cc(Cl)ccc1C(=O)N(C)C(C)CO. The van der Waals surface area contributed by atoms with Gasteiger partial charge in [0.25, 0.3) is 5.91 Å². The van der Waals surface area contributed by atoms with Gasteiger partial charge in [-0.05, 0) is 37.6 Å². The van der Waals surface area contributed by atoms with Gasteiger partial charge in [0.15, 0.2) is 0 Å². The van der Waals surface area contributed by atoms with Crippen molar-refractivity contribution in [2.75, 3.05) is 13.7 Å². The summed E-state index contributed by atoms with van der Waals surface area (Å²) in [4.78, 5) is 13.6. The summed E-state index contributed by atoms with van der Waals surface area (Å²) in [7, 11) is 1.68. The predicted molar refractivity (Wildman–Crippen MR) is 64.8 cm³/mol. The molecule has 0 saturated heterocycles. The molecular formula is C12H16ClNO2. The van der Waals surface area contributed by atoms with Crippen molar-refractivity contribution in [3.63, 3.8) is 0 Å². The van der Waals surface area contributed by atoms with Gasteiger partial charge in [-0.25, -0.2) is 0 Å². The van der Waals surface area contributed by atoms with Crippen LogP contribution in [0.1, 0.15) is 22.8 Å². The van der Waals surface area contributed by atoms with Gasteiger partial charge in [0, 0.05) is 17.6 Å². The van der Waals surface area contributed by atoms with Gasteiger partial charge in [-0.15, -0.1) is 0 Å². The third kappa shape index (κ3) is 2.74. The average Bonchev–Trinajstić information content (AvgIpc) is 2.26. The Kier molecular flexibility index (Phi) is 4.33. The third-order valence-corrected chi connectivity index (χ3v) is 2.90. The Labute approximate surface area is 101 Å². The molecule has 3 nitrogen and oxygen atoms in total. The summed E-state index contributed by atoms with van der Waals surface area (Å²) in [5.41, 5.74) is 1.46. The molecule has 0 aliphatic carbocycles. The highest BCUT2D eigenvalue weighted by molar-refractivity contribution is 6.30. The number of carbonyl (C=O) groups is 1. The van der Waals surface area contributed by atoms with Crippen molar-refractivity contribution in [1.82, 2.24) is 4.90 Å². The summed E-state index contributed by atoms with van der Waals surface area (Å²) in [5, 5.41) is 9.62. The van der Waals surface area contributed by atoms with E-state index in [0.717, 1.165) is 5.56 Å². The first-order valence-electron chi connectivity index (χ1n) is 5.11. The zero-order valence-corrected chi connectivity index (χ0v) is 10.5. The fourth-order valence-corrected chi connectivity index (χ4v) is 1.61. The van der Waals surface area contributed by atoms with E-state index in [1.165, 1.54) is 4.90 Å². The maximum Gasteiger partial charge on any atom is 0.254 e. The van der Waals surface area contributed by atoms with Crippen LogP contribution in [0.4, 0.5) is 0 Å². The molecule has 0 saturated carbocycles. The Morgan fingerprint density at radius 1 is 1.56 bits per heavy atom. The number of nitrogens with zero attached hydrogens (tertiary/aromatic N) is 1. The molecule has 1 atom stereocenters. The fraction of sp³-hybridized carbons (Fsp3) is 0.417. The molecule has 0 aliphatic heterocycles. The smallest absolute Gasteiger partial charge is 0.254 e. The van der Waals surface area contributed by atoms with Crippen LogP contribution in [0.3, 0.4) is 0 Å². The molecule has 4 heteroatoms. The van der Waals surface area contributed by atoms with Crippen molar-refractivity contribution in [2.45, 2.75) is 19.9 Å². The number of halogens is 1. The summed E-state index contributed by atoms with van der Waals surface area (Å²) >= 11 is 5.83. The molecule has 0 aliphatic rings. The number of amides is 1. The van der Waals surface area contributed by atoms with Crippen LogP contribution in [0.15, 0.2) is 18.2 Å². The summed E-state index contributed by atoms with van der Waals surface area (Å²) in [5.74, 6) is -0.101. The summed E-state index contributed by atoms with van der Waals surface area (Å²) in [6.45, 7) is 3.59. The van der Waals surface area contributed by atoms with Gasteiger partial charge < -0.3 is 10.0 Å². The van der Waals surface area contributed by atoms with Crippen LogP contribution < -0.4 is 0 Å². The molecule has 16 heavy (non-hydrogen) atoms. The molecule has 1 unspecified atom stereocenters. The molecule has 0 radical (unpaired) electrons. The molecule has 0 fully saturated rings. The van der Waals surface area contributed by atoms with E-state index in [4.69, 9.17) is 16.7 Å². The lowest BCUT2D eigenvalue weighted by atomic mass is 10.1. The van der Waals surface area contributed by atoms with Crippen molar-refractivity contribution in [2.24, 2.45) is 0 Å². The van der Waals surface area contributed by atoms with E-state index in [9.17, 15) is 4.79 Å². The van der Waals surface area contributed by atoms with E-state index < -0.39 is 0 Å². The topological polar surface area (TPSA) is 40.5 Å². The molecule has 0 heterocycles. The normalized spacial score (nSPS) is 12.3. The number of hydrogen-bond acceptors (Lipinski definition) is 2. The average molecular weight is 242 g/mol. The molecule has 1 rings (SSSR count). The Hall–Kier alpha value is -1.06. The third-order valence-electron chi connectivity index (χ3n) is 2.66. The summed E-state index contributed by atoms with van der Waals surface area (Å²) in [6, 6.07) is 4.97. The van der Waals surface area contributed by atoms with E-state index in [1.807, 2.05) is 6.92 Å². The predicted octanol–water partition coefficient (Wildman–Crippen LogP) is 2.10. The highest BCUT2D eigenvalue weighted by atomic mass is 35.5. The minimum absolute atomic E-state index is 0.0467. The molecule has 0 spiro atoms. The van der Waals surface area contributed by atoms with Crippen LogP contribution in [0.5, 0.6) is 0 Å². The highest BCUT2D eigenvalue weighted by Crippen LogP contribution is 2.17. The summed E-state index contributed by atoms with van der Waals surface area (Å²) in [6.07, 6.45) is 0. The van der Waals surface area contributed by atoms with Gasteiger partial charge >= 0.3 is 0 Å². The Balaban J connectivity index is 2.96. The molecule has 0 bridgehead atoms. The first-order chi connectivity index (χ1) is 7.47. The standard InChI is InChI=1S/C12H16ClNO2/c1-8-6-10(13)4-5-11(8)12(16)14(3)9(2)7-15/h4-6,9,15H,7H2,1-3H3. The molecule has 1 amide bonds. The fourth-order valence-electron chi connectivity index (χ4n) is 1.38. The highest BCUT2D eigenvalue weighted by Gasteiger charge is 2.18. The lowest BCUT2D eigenvalue weighted by Crippen LogP contribution is -2.37. The maximum atomic E-state index is 12.0. The molecular weight excluding hydrogens is 226 g/mol. The number of aliphatic hydroxyl groups is 1. The largest absolute Gasteiger partial charge is 0.394 e. The van der Waals surface area contributed by atoms with Crippen molar-refractivity contribution < 1.29 is 9.90 Å². The molecule has 1 aromatic carbocycles. The van der Waals surface area contributed by atoms with Gasteiger partial charge in [-0.2, -0.15) is 0 Å². The van der Waals surface area contributed by atoms with E-state index in [-0.39, 0.29) is 18.6 Å². The van der Waals surface area contributed by atoms with Gasteiger partial charge in [-0.1, -0.05) is 11.6 Å². The van der Waals surface area contributed by atoms with Crippen molar-refractivity contribution >= 4 is 17.5 Å². The monoisotopic (exact) mass is 241 g/mol. The minimum atomic E-state index is -0.192. The van der Waals surface area contributed by atoms with Crippen molar-refractivity contribution in [3.8, 4) is 0 Å². The van der Waals surface area contributed by atoms with Gasteiger partial charge in [-0.3, -0.25) is 4.79 Å². The van der Waals surface area contributed by atoms with Gasteiger partial charge in [0.05, 0.1) is 12.6 Å². The zero-order valence-electron chi connectivity index (χ0n) is 9.70. The molecule has 88 valence electrons. The second kappa shape index (κ2) is 5.32. The number of likely N-dealkylation sites (N-methyl/N-ethyl adjacent to an activating group) is 1. The quantitative estimate of drug-likeness (QED) is 0.881. The van der Waals surface area contributed by atoms with Crippen LogP contribution in [-0.4, -0.2) is 35.6 Å². The first-order valence-corrected chi connectivity index (χ1v) is 5.49. The minimum Gasteiger partial charge on any atom is -0.394 e. The van der Waals surface area contributed by atoms with Crippen molar-refractivity contribution in [3.05, 3.63) is 34.3 Å². The van der Waals surface area contributed by atoms with Crippen LogP contribution in [0.2, 0.25) is 5.02 Å².